The predicted octanol–water partition coefficient (Wildman–Crippen LogP) is -1.02. The summed E-state index contributed by atoms with van der Waals surface area (Å²) >= 11 is 0. The summed E-state index contributed by atoms with van der Waals surface area (Å²) in [7, 11) is 0. The molecular weight excluding hydrogens is 448 g/mol. The van der Waals surface area contributed by atoms with Gasteiger partial charge in [-0.05, 0) is 49.8 Å². The average molecular weight is 472 g/mol. The van der Waals surface area contributed by atoms with Crippen LogP contribution >= 0.6 is 0 Å². The van der Waals surface area contributed by atoms with E-state index < -0.39 is 58.7 Å². The van der Waals surface area contributed by atoms with Gasteiger partial charge in [0.25, 0.3) is 0 Å². The van der Waals surface area contributed by atoms with Crippen LogP contribution in [-0.4, -0.2) is 61.3 Å². The molecule has 4 rings (SSSR count). The van der Waals surface area contributed by atoms with Crippen molar-refractivity contribution in [3.63, 3.8) is 0 Å². The van der Waals surface area contributed by atoms with E-state index in [1.54, 1.807) is 6.92 Å². The normalized spacial score (nSPS) is 30.9. The lowest BCUT2D eigenvalue weighted by atomic mass is 9.56. The highest BCUT2D eigenvalue weighted by atomic mass is 16.3. The lowest BCUT2D eigenvalue weighted by molar-refractivity contribution is -0.174. The molecule has 0 radical (unpaired) electrons. The van der Waals surface area contributed by atoms with E-state index in [9.17, 15) is 39.6 Å². The number of phenolic OH excluding ortho intramolecular Hbond substituents is 1. The molecule has 1 aromatic rings. The number of carbonyl (C=O) groups is 4. The topological polar surface area (TPSA) is 226 Å². The number of phenols is 1. The van der Waals surface area contributed by atoms with Crippen molar-refractivity contribution in [3.05, 3.63) is 34.4 Å². The Morgan fingerprint density at radius 3 is 2.47 bits per heavy atom. The van der Waals surface area contributed by atoms with Crippen LogP contribution in [-0.2, 0) is 20.8 Å². The van der Waals surface area contributed by atoms with Crippen molar-refractivity contribution in [3.8, 4) is 5.75 Å². The Hall–Kier alpha value is -3.77. The van der Waals surface area contributed by atoms with Crippen LogP contribution in [0.25, 0.3) is 5.76 Å². The number of hydrogen-bond donors (Lipinski definition) is 7. The maximum Gasteiger partial charge on any atom is 0.332 e. The van der Waals surface area contributed by atoms with Gasteiger partial charge in [0.1, 0.15) is 17.4 Å². The molecule has 0 saturated heterocycles. The zero-order valence-corrected chi connectivity index (χ0v) is 18.1. The molecule has 0 aromatic heterocycles. The molecular formula is C22H24N4O8. The lowest BCUT2D eigenvalue weighted by Crippen LogP contribution is -2.66. The van der Waals surface area contributed by atoms with Gasteiger partial charge < -0.3 is 31.9 Å². The third-order valence-corrected chi connectivity index (χ3v) is 6.99. The van der Waals surface area contributed by atoms with Gasteiger partial charge in [-0.1, -0.05) is 0 Å². The number of benzene rings is 1. The number of hydrogen-bond acceptors (Lipinski definition) is 9. The van der Waals surface area contributed by atoms with Crippen molar-refractivity contribution in [2.45, 2.75) is 37.9 Å². The number of fused-ring (bicyclic) bond motifs is 3. The molecule has 9 N–H and O–H groups in total. The molecule has 2 saturated carbocycles. The maximum atomic E-state index is 13.4. The van der Waals surface area contributed by atoms with E-state index in [2.05, 4.69) is 10.5 Å². The van der Waals surface area contributed by atoms with Gasteiger partial charge in [0.15, 0.2) is 11.4 Å². The molecule has 34 heavy (non-hydrogen) atoms. The van der Waals surface area contributed by atoms with Crippen LogP contribution in [0.15, 0.2) is 22.8 Å². The molecule has 12 heteroatoms. The minimum Gasteiger partial charge on any atom is -0.507 e. The smallest absolute Gasteiger partial charge is 0.332 e. The zero-order chi connectivity index (χ0) is 25.1. The number of ketones is 2. The third-order valence-electron chi connectivity index (χ3n) is 6.99. The number of nitrogens with one attached hydrogen (secondary N) is 1. The fourth-order valence-corrected chi connectivity index (χ4v) is 5.46. The van der Waals surface area contributed by atoms with Gasteiger partial charge in [-0.15, -0.1) is 0 Å². The van der Waals surface area contributed by atoms with E-state index in [1.165, 1.54) is 12.1 Å². The molecule has 0 bridgehead atoms. The molecule has 3 amide bonds. The SMILES string of the molecule is C/C(=N/NC(N)=O)c1ccc(O)c2c1C[C@H]1C[C@H]3CC(O)C(C(N)=O)C(=O)[C@@]3(O)C(=O)C1=C2O. The fourth-order valence-electron chi connectivity index (χ4n) is 5.46. The Kier molecular flexibility index (Phi) is 5.45. The first-order chi connectivity index (χ1) is 15.9. The van der Waals surface area contributed by atoms with E-state index in [0.29, 0.717) is 16.8 Å². The number of nitrogens with zero attached hydrogens (tertiary/aromatic N) is 1. The number of hydrazone groups is 1. The minimum absolute atomic E-state index is 0.0418. The number of carbonyl (C=O) groups excluding carboxylic acids is 4. The van der Waals surface area contributed by atoms with E-state index >= 15 is 0 Å². The number of primary amides is 2. The van der Waals surface area contributed by atoms with Gasteiger partial charge in [-0.3, -0.25) is 14.4 Å². The molecule has 3 aliphatic carbocycles. The molecule has 3 aliphatic rings. The fraction of sp³-hybridized carbons (Fsp3) is 0.409. The largest absolute Gasteiger partial charge is 0.507 e. The Morgan fingerprint density at radius 2 is 1.85 bits per heavy atom. The van der Waals surface area contributed by atoms with Crippen molar-refractivity contribution in [1.82, 2.24) is 5.43 Å². The third kappa shape index (κ3) is 3.25. The quantitative estimate of drug-likeness (QED) is 0.163. The molecule has 0 heterocycles. The molecule has 0 aliphatic heterocycles. The van der Waals surface area contributed by atoms with Gasteiger partial charge in [0, 0.05) is 17.1 Å². The Morgan fingerprint density at radius 1 is 1.18 bits per heavy atom. The number of aromatic hydroxyl groups is 1. The number of Topliss-reactive ketones (excluding diaryl/α,β-unsaturated/α-hetero) is 2. The summed E-state index contributed by atoms with van der Waals surface area (Å²) in [6, 6.07) is 1.91. The summed E-state index contributed by atoms with van der Waals surface area (Å²) < 4.78 is 0. The molecule has 180 valence electrons. The molecule has 1 aromatic carbocycles. The molecule has 5 atom stereocenters. The molecule has 0 spiro atoms. The highest BCUT2D eigenvalue weighted by Crippen LogP contribution is 2.51. The number of urea groups is 1. The standard InChI is InChI=1S/C22H24N4O8/c1-7(25-26-21(24)33)10-2-3-12(27)15-11(10)5-8-4-9-6-13(28)16(20(23)32)19(31)22(9,34)18(30)14(8)17(15)29/h2-3,8-9,13,16,27-29,34H,4-6H2,1H3,(H2,23,32)(H3,24,26,33)/b25-7-/t8-,9+,13?,16?,22+/m1/s1. The second-order valence-electron chi connectivity index (χ2n) is 8.90. The van der Waals surface area contributed by atoms with Gasteiger partial charge in [0.2, 0.25) is 11.7 Å². The van der Waals surface area contributed by atoms with Crippen LogP contribution in [0.3, 0.4) is 0 Å². The van der Waals surface area contributed by atoms with Crippen LogP contribution in [0.4, 0.5) is 4.79 Å². The zero-order valence-electron chi connectivity index (χ0n) is 18.1. The van der Waals surface area contributed by atoms with Crippen molar-refractivity contribution in [2.24, 2.45) is 34.3 Å². The highest BCUT2D eigenvalue weighted by molar-refractivity contribution is 6.24. The van der Waals surface area contributed by atoms with Crippen LogP contribution in [0.5, 0.6) is 5.75 Å². The summed E-state index contributed by atoms with van der Waals surface area (Å²) in [5.74, 6) is -7.80. The number of amides is 3. The first-order valence-electron chi connectivity index (χ1n) is 10.6. The van der Waals surface area contributed by atoms with Crippen molar-refractivity contribution >= 4 is 35.0 Å². The average Bonchev–Trinajstić information content (AvgIpc) is 2.74. The van der Waals surface area contributed by atoms with Crippen molar-refractivity contribution < 1.29 is 39.6 Å². The second kappa shape index (κ2) is 7.92. The van der Waals surface area contributed by atoms with Crippen LogP contribution in [0, 0.1) is 17.8 Å². The minimum atomic E-state index is -2.63. The van der Waals surface area contributed by atoms with Gasteiger partial charge in [-0.2, -0.15) is 5.10 Å². The Balaban J connectivity index is 1.85. The van der Waals surface area contributed by atoms with E-state index in [1.807, 2.05) is 0 Å². The number of rotatable bonds is 3. The molecule has 2 fully saturated rings. The van der Waals surface area contributed by atoms with Crippen LogP contribution in [0.1, 0.15) is 36.5 Å². The van der Waals surface area contributed by atoms with E-state index in [-0.39, 0.29) is 36.1 Å². The van der Waals surface area contributed by atoms with Crippen molar-refractivity contribution in [2.75, 3.05) is 0 Å². The Labute approximate surface area is 192 Å². The summed E-state index contributed by atoms with van der Waals surface area (Å²) in [5.41, 5.74) is 10.7. The van der Waals surface area contributed by atoms with Crippen LogP contribution < -0.4 is 16.9 Å². The summed E-state index contributed by atoms with van der Waals surface area (Å²) in [4.78, 5) is 49.1. The van der Waals surface area contributed by atoms with Gasteiger partial charge >= 0.3 is 6.03 Å². The van der Waals surface area contributed by atoms with Crippen LogP contribution in [0.2, 0.25) is 0 Å². The molecule has 2 unspecified atom stereocenters. The number of aliphatic hydroxyl groups excluding tert-OH is 2. The maximum absolute atomic E-state index is 13.4. The number of nitrogens with two attached hydrogens (primary N) is 2. The summed E-state index contributed by atoms with van der Waals surface area (Å²) in [6.07, 6.45) is -1.49. The highest BCUT2D eigenvalue weighted by Gasteiger charge is 2.63. The summed E-state index contributed by atoms with van der Waals surface area (Å²) in [5, 5.41) is 46.9. The Bertz CT molecular complexity index is 1210. The lowest BCUT2D eigenvalue weighted by Gasteiger charge is -2.48. The predicted molar refractivity (Wildman–Crippen MR) is 116 cm³/mol. The summed E-state index contributed by atoms with van der Waals surface area (Å²) in [6.45, 7) is 1.57. The second-order valence-corrected chi connectivity index (χ2v) is 8.90. The first-order valence-corrected chi connectivity index (χ1v) is 10.6. The van der Waals surface area contributed by atoms with Crippen molar-refractivity contribution in [1.29, 1.82) is 0 Å². The van der Waals surface area contributed by atoms with Gasteiger partial charge in [0.05, 0.1) is 17.4 Å². The monoisotopic (exact) mass is 472 g/mol. The van der Waals surface area contributed by atoms with Gasteiger partial charge in [-0.25, -0.2) is 10.2 Å². The molecule has 12 nitrogen and oxygen atoms in total. The number of aliphatic hydroxyl groups is 3. The van der Waals surface area contributed by atoms with E-state index in [0.717, 1.165) is 0 Å². The van der Waals surface area contributed by atoms with E-state index in [4.69, 9.17) is 11.5 Å². The first kappa shape index (κ1) is 23.4.